The van der Waals surface area contributed by atoms with Crippen LogP contribution in [0.15, 0.2) is 24.3 Å². The molecule has 1 aliphatic carbocycles. The van der Waals surface area contributed by atoms with Crippen molar-refractivity contribution in [3.8, 4) is 5.75 Å². The number of rotatable bonds is 8. The maximum atomic E-state index is 12.4. The van der Waals surface area contributed by atoms with E-state index in [1.165, 1.54) is 6.92 Å². The molecule has 0 aromatic heterocycles. The van der Waals surface area contributed by atoms with Gasteiger partial charge in [-0.1, -0.05) is 12.1 Å². The first-order valence-corrected chi connectivity index (χ1v) is 9.93. The van der Waals surface area contributed by atoms with E-state index in [1.54, 1.807) is 23.1 Å². The lowest BCUT2D eigenvalue weighted by Gasteiger charge is -2.24. The second-order valence-corrected chi connectivity index (χ2v) is 8.36. The molecule has 24 heavy (non-hydrogen) atoms. The molecular weight excluding hydrogens is 328 g/mol. The summed E-state index contributed by atoms with van der Waals surface area (Å²) < 4.78 is 28.2. The van der Waals surface area contributed by atoms with Gasteiger partial charge >= 0.3 is 16.1 Å². The number of carbonyl (C=O) groups is 1. The molecule has 0 saturated heterocycles. The molecule has 0 bridgehead atoms. The van der Waals surface area contributed by atoms with Gasteiger partial charge in [-0.15, -0.1) is 0 Å². The molecule has 2 amide bonds. The standard InChI is InChI=1S/C17H26N2O4S/c1-4-24(21,22)23-16-7-5-6-15(10-16)12-19(11-14-8-9-14)17(20)18-13(2)3/h5-7,10,13-14H,4,8-9,11-12H2,1-3H3,(H,18,20). The zero-order valence-electron chi connectivity index (χ0n) is 14.5. The molecule has 0 radical (unpaired) electrons. The molecule has 1 fully saturated rings. The summed E-state index contributed by atoms with van der Waals surface area (Å²) in [5.41, 5.74) is 0.846. The second kappa shape index (κ2) is 7.88. The minimum Gasteiger partial charge on any atom is -0.382 e. The van der Waals surface area contributed by atoms with E-state index in [2.05, 4.69) is 5.32 Å². The topological polar surface area (TPSA) is 75.7 Å². The zero-order valence-corrected chi connectivity index (χ0v) is 15.3. The summed E-state index contributed by atoms with van der Waals surface area (Å²) in [5.74, 6) is 0.773. The maximum Gasteiger partial charge on any atom is 0.317 e. The molecule has 1 aromatic rings. The SMILES string of the molecule is CCS(=O)(=O)Oc1cccc(CN(CC2CC2)C(=O)NC(C)C)c1. The number of benzene rings is 1. The molecule has 1 saturated carbocycles. The van der Waals surface area contributed by atoms with Crippen molar-refractivity contribution in [3.63, 3.8) is 0 Å². The number of nitrogens with zero attached hydrogens (tertiary/aromatic N) is 1. The lowest BCUT2D eigenvalue weighted by molar-refractivity contribution is 0.190. The van der Waals surface area contributed by atoms with Crippen LogP contribution in [0.5, 0.6) is 5.75 Å². The van der Waals surface area contributed by atoms with Crippen LogP contribution in [0.25, 0.3) is 0 Å². The number of nitrogens with one attached hydrogen (secondary N) is 1. The van der Waals surface area contributed by atoms with Crippen LogP contribution in [0.1, 0.15) is 39.2 Å². The summed E-state index contributed by atoms with van der Waals surface area (Å²) in [5, 5.41) is 2.92. The summed E-state index contributed by atoms with van der Waals surface area (Å²) in [6.07, 6.45) is 2.31. The minimum atomic E-state index is -3.55. The number of urea groups is 1. The van der Waals surface area contributed by atoms with Gasteiger partial charge in [-0.05, 0) is 57.2 Å². The van der Waals surface area contributed by atoms with E-state index in [9.17, 15) is 13.2 Å². The first-order valence-electron chi connectivity index (χ1n) is 8.35. The normalized spacial score (nSPS) is 14.5. The average molecular weight is 354 g/mol. The fourth-order valence-corrected chi connectivity index (χ4v) is 2.81. The smallest absolute Gasteiger partial charge is 0.317 e. The van der Waals surface area contributed by atoms with E-state index in [0.29, 0.717) is 12.5 Å². The Bertz CT molecular complexity index is 669. The third kappa shape index (κ3) is 6.03. The van der Waals surface area contributed by atoms with Gasteiger partial charge in [0.15, 0.2) is 0 Å². The summed E-state index contributed by atoms with van der Waals surface area (Å²) in [6, 6.07) is 6.87. The molecule has 6 nitrogen and oxygen atoms in total. The van der Waals surface area contributed by atoms with E-state index in [4.69, 9.17) is 4.18 Å². The Balaban J connectivity index is 2.09. The van der Waals surface area contributed by atoms with Crippen molar-refractivity contribution in [2.45, 2.75) is 46.2 Å². The molecule has 0 aliphatic heterocycles. The van der Waals surface area contributed by atoms with Gasteiger partial charge < -0.3 is 14.4 Å². The van der Waals surface area contributed by atoms with Crippen molar-refractivity contribution in [2.75, 3.05) is 12.3 Å². The van der Waals surface area contributed by atoms with Crippen LogP contribution >= 0.6 is 0 Å². The van der Waals surface area contributed by atoms with Crippen molar-refractivity contribution in [3.05, 3.63) is 29.8 Å². The fourth-order valence-electron chi connectivity index (χ4n) is 2.29. The van der Waals surface area contributed by atoms with E-state index < -0.39 is 10.1 Å². The lowest BCUT2D eigenvalue weighted by atomic mass is 10.2. The molecule has 0 heterocycles. The third-order valence-electron chi connectivity index (χ3n) is 3.72. The monoisotopic (exact) mass is 354 g/mol. The van der Waals surface area contributed by atoms with Crippen LogP contribution in [0.3, 0.4) is 0 Å². The van der Waals surface area contributed by atoms with Crippen LogP contribution in [-0.2, 0) is 16.7 Å². The van der Waals surface area contributed by atoms with Crippen LogP contribution < -0.4 is 9.50 Å². The molecule has 0 spiro atoms. The first kappa shape index (κ1) is 18.6. The average Bonchev–Trinajstić information content (AvgIpc) is 3.30. The second-order valence-electron chi connectivity index (χ2n) is 6.51. The third-order valence-corrected chi connectivity index (χ3v) is 4.88. The maximum absolute atomic E-state index is 12.4. The van der Waals surface area contributed by atoms with Crippen LogP contribution in [0, 0.1) is 5.92 Å². The predicted molar refractivity (Wildman–Crippen MR) is 93.3 cm³/mol. The highest BCUT2D eigenvalue weighted by atomic mass is 32.2. The largest absolute Gasteiger partial charge is 0.382 e. The summed E-state index contributed by atoms with van der Waals surface area (Å²) in [7, 11) is -3.55. The molecule has 1 aromatic carbocycles. The molecule has 0 atom stereocenters. The van der Waals surface area contributed by atoms with Gasteiger partial charge in [0.2, 0.25) is 0 Å². The van der Waals surface area contributed by atoms with Gasteiger partial charge in [-0.2, -0.15) is 8.42 Å². The van der Waals surface area contributed by atoms with Crippen molar-refractivity contribution >= 4 is 16.1 Å². The highest BCUT2D eigenvalue weighted by Gasteiger charge is 2.27. The van der Waals surface area contributed by atoms with Crippen molar-refractivity contribution in [1.29, 1.82) is 0 Å². The predicted octanol–water partition coefficient (Wildman–Crippen LogP) is 2.75. The molecular formula is C17H26N2O4S. The quantitative estimate of drug-likeness (QED) is 0.728. The van der Waals surface area contributed by atoms with Gasteiger partial charge in [0.1, 0.15) is 5.75 Å². The number of amides is 2. The van der Waals surface area contributed by atoms with E-state index in [0.717, 1.165) is 24.9 Å². The Labute approximate surface area is 144 Å². The molecule has 1 aliphatic rings. The summed E-state index contributed by atoms with van der Waals surface area (Å²) >= 11 is 0. The summed E-state index contributed by atoms with van der Waals surface area (Å²) in [6.45, 7) is 6.54. The number of carbonyl (C=O) groups excluding carboxylic acids is 1. The van der Waals surface area contributed by atoms with Gasteiger partial charge in [0.25, 0.3) is 0 Å². The Kier molecular flexibility index (Phi) is 6.10. The lowest BCUT2D eigenvalue weighted by Crippen LogP contribution is -2.43. The first-order chi connectivity index (χ1) is 11.3. The van der Waals surface area contributed by atoms with Crippen molar-refractivity contribution in [1.82, 2.24) is 10.2 Å². The molecule has 0 unspecified atom stereocenters. The Morgan fingerprint density at radius 3 is 2.67 bits per heavy atom. The van der Waals surface area contributed by atoms with Crippen LogP contribution in [0.4, 0.5) is 4.79 Å². The summed E-state index contributed by atoms with van der Waals surface area (Å²) in [4.78, 5) is 14.2. The van der Waals surface area contributed by atoms with E-state index in [1.807, 2.05) is 19.9 Å². The van der Waals surface area contributed by atoms with Crippen LogP contribution in [0.2, 0.25) is 0 Å². The number of hydrogen-bond acceptors (Lipinski definition) is 4. The Hall–Kier alpha value is -1.76. The van der Waals surface area contributed by atoms with E-state index in [-0.39, 0.29) is 23.6 Å². The van der Waals surface area contributed by atoms with Crippen LogP contribution in [-0.4, -0.2) is 37.7 Å². The van der Waals surface area contributed by atoms with Crippen molar-refractivity contribution < 1.29 is 17.4 Å². The highest BCUT2D eigenvalue weighted by molar-refractivity contribution is 7.87. The van der Waals surface area contributed by atoms with Gasteiger partial charge in [0, 0.05) is 19.1 Å². The molecule has 134 valence electrons. The van der Waals surface area contributed by atoms with E-state index >= 15 is 0 Å². The molecule has 7 heteroatoms. The minimum absolute atomic E-state index is 0.0727. The molecule has 1 N–H and O–H groups in total. The Morgan fingerprint density at radius 1 is 1.38 bits per heavy atom. The highest BCUT2D eigenvalue weighted by Crippen LogP contribution is 2.30. The fraction of sp³-hybridized carbons (Fsp3) is 0.588. The zero-order chi connectivity index (χ0) is 17.7. The van der Waals surface area contributed by atoms with Gasteiger partial charge in [0.05, 0.1) is 5.75 Å². The van der Waals surface area contributed by atoms with Gasteiger partial charge in [-0.25, -0.2) is 4.79 Å². The molecule has 2 rings (SSSR count). The Morgan fingerprint density at radius 2 is 2.08 bits per heavy atom. The number of hydrogen-bond donors (Lipinski definition) is 1. The van der Waals surface area contributed by atoms with Gasteiger partial charge in [-0.3, -0.25) is 0 Å². The van der Waals surface area contributed by atoms with Crippen molar-refractivity contribution in [2.24, 2.45) is 5.92 Å².